The number of carbonyl (C=O) groups excluding carboxylic acids is 3. The van der Waals surface area contributed by atoms with E-state index in [9.17, 15) is 18.8 Å². The van der Waals surface area contributed by atoms with Gasteiger partial charge in [0, 0.05) is 0 Å². The molecule has 0 unspecified atom stereocenters. The first-order valence-corrected chi connectivity index (χ1v) is 9.18. The van der Waals surface area contributed by atoms with Crippen molar-refractivity contribution in [3.63, 3.8) is 0 Å². The SMILES string of the molecule is CCc1ccc(/C=C2/SC(=O)N(CC(=O)Nc3ccccc3F)C2=O)cc1. The standard InChI is InChI=1S/C20H17FN2O3S/c1-2-13-7-9-14(10-8-13)11-17-19(25)23(20(26)27-17)12-18(24)22-16-6-4-3-5-15(16)21/h3-11H,2,12H2,1H3,(H,22,24)/b17-11+. The van der Waals surface area contributed by atoms with Gasteiger partial charge in [0.2, 0.25) is 5.91 Å². The van der Waals surface area contributed by atoms with Crippen LogP contribution in [0.25, 0.3) is 6.08 Å². The van der Waals surface area contributed by atoms with Crippen LogP contribution in [0.1, 0.15) is 18.1 Å². The molecule has 1 heterocycles. The minimum absolute atomic E-state index is 0.000951. The Morgan fingerprint density at radius 3 is 2.52 bits per heavy atom. The van der Waals surface area contributed by atoms with Crippen LogP contribution >= 0.6 is 11.8 Å². The molecule has 27 heavy (non-hydrogen) atoms. The van der Waals surface area contributed by atoms with Gasteiger partial charge in [0.05, 0.1) is 10.6 Å². The van der Waals surface area contributed by atoms with Gasteiger partial charge in [0.15, 0.2) is 0 Å². The second-order valence-corrected chi connectivity index (χ2v) is 6.88. The van der Waals surface area contributed by atoms with Gasteiger partial charge in [-0.1, -0.05) is 43.3 Å². The lowest BCUT2D eigenvalue weighted by Gasteiger charge is -2.12. The summed E-state index contributed by atoms with van der Waals surface area (Å²) in [6.07, 6.45) is 2.53. The van der Waals surface area contributed by atoms with Crippen molar-refractivity contribution in [2.24, 2.45) is 0 Å². The number of anilines is 1. The summed E-state index contributed by atoms with van der Waals surface area (Å²) in [4.78, 5) is 37.8. The fourth-order valence-corrected chi connectivity index (χ4v) is 3.37. The zero-order valence-electron chi connectivity index (χ0n) is 14.6. The van der Waals surface area contributed by atoms with Gasteiger partial charge in [-0.2, -0.15) is 0 Å². The Morgan fingerprint density at radius 1 is 1.15 bits per heavy atom. The van der Waals surface area contributed by atoms with E-state index in [4.69, 9.17) is 0 Å². The molecule has 7 heteroatoms. The van der Waals surface area contributed by atoms with E-state index in [0.717, 1.165) is 28.6 Å². The van der Waals surface area contributed by atoms with Crippen molar-refractivity contribution >= 4 is 40.6 Å². The summed E-state index contributed by atoms with van der Waals surface area (Å²) in [6.45, 7) is 1.58. The highest BCUT2D eigenvalue weighted by atomic mass is 32.2. The largest absolute Gasteiger partial charge is 0.322 e. The highest BCUT2D eigenvalue weighted by molar-refractivity contribution is 8.18. The molecule has 0 bridgehead atoms. The number of benzene rings is 2. The Hall–Kier alpha value is -2.93. The van der Waals surface area contributed by atoms with E-state index in [-0.39, 0.29) is 10.6 Å². The van der Waals surface area contributed by atoms with E-state index < -0.39 is 29.4 Å². The van der Waals surface area contributed by atoms with Crippen LogP contribution < -0.4 is 5.32 Å². The number of hydrogen-bond acceptors (Lipinski definition) is 4. The van der Waals surface area contributed by atoms with E-state index in [0.29, 0.717) is 0 Å². The Morgan fingerprint density at radius 2 is 1.85 bits per heavy atom. The van der Waals surface area contributed by atoms with Crippen molar-refractivity contribution in [1.82, 2.24) is 4.90 Å². The lowest BCUT2D eigenvalue weighted by atomic mass is 10.1. The van der Waals surface area contributed by atoms with Gasteiger partial charge >= 0.3 is 0 Å². The molecule has 1 aliphatic heterocycles. The highest BCUT2D eigenvalue weighted by Gasteiger charge is 2.36. The van der Waals surface area contributed by atoms with Gasteiger partial charge in [0.25, 0.3) is 11.1 Å². The van der Waals surface area contributed by atoms with Gasteiger partial charge < -0.3 is 5.32 Å². The first-order chi connectivity index (χ1) is 13.0. The summed E-state index contributed by atoms with van der Waals surface area (Å²) < 4.78 is 13.6. The molecule has 3 amide bonds. The molecule has 1 N–H and O–H groups in total. The van der Waals surface area contributed by atoms with Gasteiger partial charge in [-0.25, -0.2) is 4.39 Å². The molecule has 3 rings (SSSR count). The van der Waals surface area contributed by atoms with E-state index in [1.165, 1.54) is 23.8 Å². The minimum Gasteiger partial charge on any atom is -0.322 e. The summed E-state index contributed by atoms with van der Waals surface area (Å²) >= 11 is 0.782. The van der Waals surface area contributed by atoms with Crippen LogP contribution in [0.2, 0.25) is 0 Å². The quantitative estimate of drug-likeness (QED) is 0.790. The Labute approximate surface area is 160 Å². The van der Waals surface area contributed by atoms with Crippen LogP contribution in [0, 0.1) is 5.82 Å². The van der Waals surface area contributed by atoms with Crippen molar-refractivity contribution in [2.75, 3.05) is 11.9 Å². The molecular formula is C20H17FN2O3S. The van der Waals surface area contributed by atoms with Crippen LogP contribution in [0.4, 0.5) is 14.9 Å². The molecule has 0 aromatic heterocycles. The van der Waals surface area contributed by atoms with Crippen LogP contribution in [-0.4, -0.2) is 28.5 Å². The van der Waals surface area contributed by atoms with E-state index >= 15 is 0 Å². The first-order valence-electron chi connectivity index (χ1n) is 8.36. The number of nitrogens with one attached hydrogen (secondary N) is 1. The number of nitrogens with zero attached hydrogens (tertiary/aromatic N) is 1. The van der Waals surface area contributed by atoms with E-state index in [1.54, 1.807) is 12.1 Å². The molecule has 1 aliphatic rings. The zero-order chi connectivity index (χ0) is 19.4. The number of imide groups is 1. The maximum absolute atomic E-state index is 13.6. The lowest BCUT2D eigenvalue weighted by Crippen LogP contribution is -2.36. The zero-order valence-corrected chi connectivity index (χ0v) is 15.4. The predicted molar refractivity (Wildman–Crippen MR) is 104 cm³/mol. The molecular weight excluding hydrogens is 367 g/mol. The van der Waals surface area contributed by atoms with Crippen molar-refractivity contribution in [1.29, 1.82) is 0 Å². The topological polar surface area (TPSA) is 66.5 Å². The Balaban J connectivity index is 1.69. The van der Waals surface area contributed by atoms with Crippen LogP contribution in [0.15, 0.2) is 53.4 Å². The van der Waals surface area contributed by atoms with Gasteiger partial charge in [0.1, 0.15) is 12.4 Å². The fourth-order valence-electron chi connectivity index (χ4n) is 2.53. The fraction of sp³-hybridized carbons (Fsp3) is 0.150. The monoisotopic (exact) mass is 384 g/mol. The average Bonchev–Trinajstić information content (AvgIpc) is 2.91. The lowest BCUT2D eigenvalue weighted by molar-refractivity contribution is -0.127. The van der Waals surface area contributed by atoms with E-state index in [2.05, 4.69) is 5.32 Å². The van der Waals surface area contributed by atoms with E-state index in [1.807, 2.05) is 31.2 Å². The van der Waals surface area contributed by atoms with Crippen molar-refractivity contribution < 1.29 is 18.8 Å². The molecule has 0 atom stereocenters. The number of thioether (sulfide) groups is 1. The average molecular weight is 384 g/mol. The molecule has 5 nitrogen and oxygen atoms in total. The second kappa shape index (κ2) is 8.18. The number of rotatable bonds is 5. The Kier molecular flexibility index (Phi) is 5.71. The molecule has 1 saturated heterocycles. The van der Waals surface area contributed by atoms with Crippen molar-refractivity contribution in [2.45, 2.75) is 13.3 Å². The molecule has 2 aromatic carbocycles. The number of aryl methyl sites for hydroxylation is 1. The number of hydrogen-bond donors (Lipinski definition) is 1. The maximum Gasteiger partial charge on any atom is 0.294 e. The third kappa shape index (κ3) is 4.43. The molecule has 1 fully saturated rings. The van der Waals surface area contributed by atoms with Crippen LogP contribution in [-0.2, 0) is 16.0 Å². The van der Waals surface area contributed by atoms with Crippen LogP contribution in [0.3, 0.4) is 0 Å². The molecule has 0 aliphatic carbocycles. The van der Waals surface area contributed by atoms with Crippen LogP contribution in [0.5, 0.6) is 0 Å². The third-order valence-corrected chi connectivity index (χ3v) is 4.92. The summed E-state index contributed by atoms with van der Waals surface area (Å²) in [7, 11) is 0. The number of halogens is 1. The molecule has 0 spiro atoms. The number of carbonyl (C=O) groups is 3. The molecule has 138 valence electrons. The van der Waals surface area contributed by atoms with Gasteiger partial charge in [-0.3, -0.25) is 19.3 Å². The molecule has 0 saturated carbocycles. The predicted octanol–water partition coefficient (Wildman–Crippen LogP) is 4.06. The summed E-state index contributed by atoms with van der Waals surface area (Å²) in [5.74, 6) is -1.76. The smallest absolute Gasteiger partial charge is 0.294 e. The Bertz CT molecular complexity index is 925. The van der Waals surface area contributed by atoms with Gasteiger partial charge in [-0.15, -0.1) is 0 Å². The van der Waals surface area contributed by atoms with Gasteiger partial charge in [-0.05, 0) is 47.5 Å². The third-order valence-electron chi connectivity index (χ3n) is 4.01. The molecule has 0 radical (unpaired) electrons. The maximum atomic E-state index is 13.6. The number of para-hydroxylation sites is 1. The van der Waals surface area contributed by atoms with Crippen molar-refractivity contribution in [3.8, 4) is 0 Å². The molecule has 2 aromatic rings. The summed E-state index contributed by atoms with van der Waals surface area (Å²) in [5, 5.41) is 1.84. The summed E-state index contributed by atoms with van der Waals surface area (Å²) in [5.41, 5.74) is 1.97. The normalized spacial score (nSPS) is 15.5. The second-order valence-electron chi connectivity index (χ2n) is 5.89. The first kappa shape index (κ1) is 18.8. The van der Waals surface area contributed by atoms with Crippen molar-refractivity contribution in [3.05, 3.63) is 70.4 Å². The number of amides is 3. The highest BCUT2D eigenvalue weighted by Crippen LogP contribution is 2.32. The summed E-state index contributed by atoms with van der Waals surface area (Å²) in [6, 6.07) is 13.3. The minimum atomic E-state index is -0.643.